The first-order chi connectivity index (χ1) is 9.12. The molecule has 0 heterocycles. The zero-order valence-corrected chi connectivity index (χ0v) is 12.3. The fourth-order valence-corrected chi connectivity index (χ4v) is 2.14. The molecule has 4 nitrogen and oxygen atoms in total. The number of likely N-dealkylation sites (N-methyl/N-ethyl adjacent to an activating group) is 1. The molecular formula is C15H25NO3. The monoisotopic (exact) mass is 267 g/mol. The first-order valence-corrected chi connectivity index (χ1v) is 6.67. The molecule has 1 aromatic rings. The third kappa shape index (κ3) is 4.82. The molecule has 108 valence electrons. The van der Waals surface area contributed by atoms with E-state index in [0.717, 1.165) is 17.9 Å². The zero-order valence-electron chi connectivity index (χ0n) is 12.3. The summed E-state index contributed by atoms with van der Waals surface area (Å²) in [4.78, 5) is 2.20. The van der Waals surface area contributed by atoms with Crippen molar-refractivity contribution in [3.63, 3.8) is 0 Å². The quantitative estimate of drug-likeness (QED) is 0.783. The van der Waals surface area contributed by atoms with Crippen molar-refractivity contribution in [3.05, 3.63) is 29.8 Å². The highest BCUT2D eigenvalue weighted by Gasteiger charge is 2.17. The van der Waals surface area contributed by atoms with E-state index < -0.39 is 6.10 Å². The fourth-order valence-electron chi connectivity index (χ4n) is 2.14. The molecule has 2 unspecified atom stereocenters. The minimum Gasteiger partial charge on any atom is -0.497 e. The number of aliphatic hydroxyl groups excluding tert-OH is 1. The van der Waals surface area contributed by atoms with Crippen molar-refractivity contribution >= 4 is 0 Å². The van der Waals surface area contributed by atoms with Crippen molar-refractivity contribution in [3.8, 4) is 5.75 Å². The van der Waals surface area contributed by atoms with Gasteiger partial charge in [0.25, 0.3) is 0 Å². The SMILES string of the molecule is CCN(CC(O)c1cccc(OC)c1)C(C)COC. The predicted molar refractivity (Wildman–Crippen MR) is 76.5 cm³/mol. The topological polar surface area (TPSA) is 41.9 Å². The number of hydrogen-bond acceptors (Lipinski definition) is 4. The van der Waals surface area contributed by atoms with Gasteiger partial charge in [0.15, 0.2) is 0 Å². The second kappa shape index (κ2) is 8.15. The second-order valence-corrected chi connectivity index (χ2v) is 4.68. The molecule has 0 radical (unpaired) electrons. The molecule has 1 rings (SSSR count). The van der Waals surface area contributed by atoms with Crippen LogP contribution in [0.25, 0.3) is 0 Å². The number of rotatable bonds is 8. The standard InChI is InChI=1S/C15H25NO3/c1-5-16(12(2)11-18-3)10-15(17)13-7-6-8-14(9-13)19-4/h6-9,12,15,17H,5,10-11H2,1-4H3. The normalized spacial score (nSPS) is 14.4. The van der Waals surface area contributed by atoms with Crippen LogP contribution in [0, 0.1) is 0 Å². The molecule has 19 heavy (non-hydrogen) atoms. The maximum Gasteiger partial charge on any atom is 0.119 e. The highest BCUT2D eigenvalue weighted by molar-refractivity contribution is 5.29. The van der Waals surface area contributed by atoms with Crippen LogP contribution in [-0.2, 0) is 4.74 Å². The van der Waals surface area contributed by atoms with Gasteiger partial charge in [0.2, 0.25) is 0 Å². The zero-order chi connectivity index (χ0) is 14.3. The molecule has 0 aliphatic rings. The summed E-state index contributed by atoms with van der Waals surface area (Å²) < 4.78 is 10.3. The third-order valence-corrected chi connectivity index (χ3v) is 3.32. The van der Waals surface area contributed by atoms with Crippen molar-refractivity contribution < 1.29 is 14.6 Å². The molecule has 0 saturated heterocycles. The Balaban J connectivity index is 2.68. The fraction of sp³-hybridized carbons (Fsp3) is 0.600. The van der Waals surface area contributed by atoms with Gasteiger partial charge in [-0.05, 0) is 31.2 Å². The van der Waals surface area contributed by atoms with E-state index in [1.54, 1.807) is 14.2 Å². The van der Waals surface area contributed by atoms with Crippen molar-refractivity contribution in [1.29, 1.82) is 0 Å². The Kier molecular flexibility index (Phi) is 6.84. The number of nitrogens with zero attached hydrogens (tertiary/aromatic N) is 1. The van der Waals surface area contributed by atoms with Crippen molar-refractivity contribution in [2.24, 2.45) is 0 Å². The Morgan fingerprint density at radius 3 is 2.63 bits per heavy atom. The van der Waals surface area contributed by atoms with Crippen LogP contribution in [0.2, 0.25) is 0 Å². The van der Waals surface area contributed by atoms with Gasteiger partial charge in [-0.15, -0.1) is 0 Å². The number of methoxy groups -OCH3 is 2. The number of aliphatic hydroxyl groups is 1. The molecule has 4 heteroatoms. The summed E-state index contributed by atoms with van der Waals surface area (Å²) in [7, 11) is 3.33. The number of ether oxygens (including phenoxy) is 2. The maximum absolute atomic E-state index is 10.3. The van der Waals surface area contributed by atoms with Crippen LogP contribution in [0.15, 0.2) is 24.3 Å². The molecular weight excluding hydrogens is 242 g/mol. The Labute approximate surface area is 115 Å². The average molecular weight is 267 g/mol. The lowest BCUT2D eigenvalue weighted by Crippen LogP contribution is -2.38. The number of benzene rings is 1. The summed E-state index contributed by atoms with van der Waals surface area (Å²) in [6.07, 6.45) is -0.519. The second-order valence-electron chi connectivity index (χ2n) is 4.68. The molecule has 0 spiro atoms. The molecule has 0 aliphatic heterocycles. The van der Waals surface area contributed by atoms with E-state index >= 15 is 0 Å². The van der Waals surface area contributed by atoms with Crippen LogP contribution < -0.4 is 4.74 Å². The van der Waals surface area contributed by atoms with Gasteiger partial charge in [-0.1, -0.05) is 19.1 Å². The van der Waals surface area contributed by atoms with E-state index in [9.17, 15) is 5.11 Å². The van der Waals surface area contributed by atoms with Crippen LogP contribution >= 0.6 is 0 Å². The van der Waals surface area contributed by atoms with Crippen LogP contribution in [-0.4, -0.2) is 50.0 Å². The van der Waals surface area contributed by atoms with Crippen LogP contribution in [0.3, 0.4) is 0 Å². The molecule has 0 amide bonds. The molecule has 0 bridgehead atoms. The van der Waals surface area contributed by atoms with Crippen molar-refractivity contribution in [1.82, 2.24) is 4.90 Å². The van der Waals surface area contributed by atoms with E-state index in [0.29, 0.717) is 13.2 Å². The summed E-state index contributed by atoms with van der Waals surface area (Å²) in [5.74, 6) is 0.768. The van der Waals surface area contributed by atoms with Crippen molar-refractivity contribution in [2.45, 2.75) is 26.0 Å². The minimum atomic E-state index is -0.519. The third-order valence-electron chi connectivity index (χ3n) is 3.32. The van der Waals surface area contributed by atoms with Gasteiger partial charge in [-0.2, -0.15) is 0 Å². The Morgan fingerprint density at radius 1 is 1.32 bits per heavy atom. The van der Waals surface area contributed by atoms with Gasteiger partial charge in [0.1, 0.15) is 5.75 Å². The molecule has 0 saturated carbocycles. The van der Waals surface area contributed by atoms with Gasteiger partial charge in [0, 0.05) is 19.7 Å². The van der Waals surface area contributed by atoms with Gasteiger partial charge >= 0.3 is 0 Å². The first-order valence-electron chi connectivity index (χ1n) is 6.67. The molecule has 1 N–H and O–H groups in total. The van der Waals surface area contributed by atoms with Gasteiger partial charge in [0.05, 0.1) is 19.8 Å². The smallest absolute Gasteiger partial charge is 0.119 e. The highest BCUT2D eigenvalue weighted by Crippen LogP contribution is 2.20. The van der Waals surface area contributed by atoms with Crippen LogP contribution in [0.1, 0.15) is 25.5 Å². The predicted octanol–water partition coefficient (Wildman–Crippen LogP) is 2.09. The summed E-state index contributed by atoms with van der Waals surface area (Å²) in [5, 5.41) is 10.3. The molecule has 0 aromatic heterocycles. The highest BCUT2D eigenvalue weighted by atomic mass is 16.5. The molecule has 0 fully saturated rings. The average Bonchev–Trinajstić information content (AvgIpc) is 2.44. The van der Waals surface area contributed by atoms with Crippen molar-refractivity contribution in [2.75, 3.05) is 33.9 Å². The Hall–Kier alpha value is -1.10. The van der Waals surface area contributed by atoms with Crippen LogP contribution in [0.4, 0.5) is 0 Å². The molecule has 2 atom stereocenters. The lowest BCUT2D eigenvalue weighted by Gasteiger charge is -2.29. The van der Waals surface area contributed by atoms with Gasteiger partial charge in [-0.25, -0.2) is 0 Å². The number of hydrogen-bond donors (Lipinski definition) is 1. The Bertz CT molecular complexity index is 370. The van der Waals surface area contributed by atoms with Gasteiger partial charge < -0.3 is 14.6 Å². The van der Waals surface area contributed by atoms with E-state index in [4.69, 9.17) is 9.47 Å². The largest absolute Gasteiger partial charge is 0.497 e. The van der Waals surface area contributed by atoms with E-state index in [-0.39, 0.29) is 6.04 Å². The van der Waals surface area contributed by atoms with Gasteiger partial charge in [-0.3, -0.25) is 4.90 Å². The first kappa shape index (κ1) is 16.0. The Morgan fingerprint density at radius 2 is 2.05 bits per heavy atom. The lowest BCUT2D eigenvalue weighted by atomic mass is 10.1. The summed E-state index contributed by atoms with van der Waals surface area (Å²) in [5.41, 5.74) is 0.877. The summed E-state index contributed by atoms with van der Waals surface area (Å²) in [6, 6.07) is 7.85. The van der Waals surface area contributed by atoms with Crippen LogP contribution in [0.5, 0.6) is 5.75 Å². The van der Waals surface area contributed by atoms with E-state index in [2.05, 4.69) is 18.7 Å². The summed E-state index contributed by atoms with van der Waals surface area (Å²) >= 11 is 0. The van der Waals surface area contributed by atoms with E-state index in [1.165, 1.54) is 0 Å². The molecule has 1 aromatic carbocycles. The minimum absolute atomic E-state index is 0.287. The summed E-state index contributed by atoms with van der Waals surface area (Å²) in [6.45, 7) is 6.33. The van der Waals surface area contributed by atoms with E-state index in [1.807, 2.05) is 24.3 Å². The molecule has 0 aliphatic carbocycles. The maximum atomic E-state index is 10.3. The lowest BCUT2D eigenvalue weighted by molar-refractivity contribution is 0.0581.